The van der Waals surface area contributed by atoms with Crippen LogP contribution in [0.2, 0.25) is 0 Å². The Morgan fingerprint density at radius 3 is 2.60 bits per heavy atom. The maximum absolute atomic E-state index is 5.94. The zero-order chi connectivity index (χ0) is 17.5. The molecule has 0 saturated carbocycles. The number of nitrogens with two attached hydrogens (primary N) is 1. The summed E-state index contributed by atoms with van der Waals surface area (Å²) < 4.78 is 17.1. The van der Waals surface area contributed by atoms with Gasteiger partial charge in [-0.25, -0.2) is 0 Å². The van der Waals surface area contributed by atoms with Crippen LogP contribution in [-0.4, -0.2) is 26.4 Å². The molecule has 2 N–H and O–H groups in total. The zero-order valence-electron chi connectivity index (χ0n) is 15.2. The number of benzene rings is 2. The average Bonchev–Trinajstić information content (AvgIpc) is 3.15. The molecule has 0 aliphatic carbocycles. The first kappa shape index (κ1) is 17.8. The summed E-state index contributed by atoms with van der Waals surface area (Å²) in [5.41, 5.74) is 3.64. The predicted molar refractivity (Wildman–Crippen MR) is 98.0 cm³/mol. The fourth-order valence-corrected chi connectivity index (χ4v) is 3.07. The normalized spacial score (nSPS) is 16.8. The summed E-state index contributed by atoms with van der Waals surface area (Å²) in [4.78, 5) is 0. The van der Waals surface area contributed by atoms with Crippen molar-refractivity contribution in [3.8, 4) is 11.5 Å². The van der Waals surface area contributed by atoms with E-state index in [1.54, 1.807) is 7.11 Å². The highest BCUT2D eigenvalue weighted by molar-refractivity contribution is 5.42. The molecule has 0 aromatic heterocycles. The maximum atomic E-state index is 5.94. The smallest absolute Gasteiger partial charge is 0.161 e. The van der Waals surface area contributed by atoms with Gasteiger partial charge in [-0.1, -0.05) is 29.8 Å². The standard InChI is InChI=1S/C21H27NO3/c1-16-5-7-17(8-6-16)15-25-20-10-9-18(12-21(20)23-2)13-22-14-19-4-3-11-24-19/h5-10,12,19,22H,3-4,11,13-15H2,1-2H3/p+1/t19-/m0/s1. The number of quaternary nitrogens is 1. The van der Waals surface area contributed by atoms with E-state index in [0.29, 0.717) is 12.7 Å². The van der Waals surface area contributed by atoms with Gasteiger partial charge in [-0.2, -0.15) is 0 Å². The van der Waals surface area contributed by atoms with Crippen molar-refractivity contribution >= 4 is 0 Å². The summed E-state index contributed by atoms with van der Waals surface area (Å²) in [6.45, 7) is 5.49. The molecule has 0 bridgehead atoms. The Hall–Kier alpha value is -2.04. The van der Waals surface area contributed by atoms with Gasteiger partial charge in [0.2, 0.25) is 0 Å². The first-order valence-corrected chi connectivity index (χ1v) is 9.03. The second-order valence-electron chi connectivity index (χ2n) is 6.62. The lowest BCUT2D eigenvalue weighted by molar-refractivity contribution is -0.676. The minimum atomic E-state index is 0.416. The van der Waals surface area contributed by atoms with Gasteiger partial charge in [0.05, 0.1) is 7.11 Å². The maximum Gasteiger partial charge on any atom is 0.161 e. The largest absolute Gasteiger partial charge is 0.493 e. The zero-order valence-corrected chi connectivity index (χ0v) is 15.2. The monoisotopic (exact) mass is 342 g/mol. The third-order valence-corrected chi connectivity index (χ3v) is 4.58. The van der Waals surface area contributed by atoms with Gasteiger partial charge < -0.3 is 19.5 Å². The van der Waals surface area contributed by atoms with Crippen LogP contribution in [0.4, 0.5) is 0 Å². The van der Waals surface area contributed by atoms with Crippen LogP contribution in [0.5, 0.6) is 11.5 Å². The highest BCUT2D eigenvalue weighted by Gasteiger charge is 2.17. The van der Waals surface area contributed by atoms with Crippen molar-refractivity contribution in [2.24, 2.45) is 0 Å². The number of aryl methyl sites for hydroxylation is 1. The van der Waals surface area contributed by atoms with E-state index >= 15 is 0 Å². The van der Waals surface area contributed by atoms with Crippen molar-refractivity contribution < 1.29 is 19.5 Å². The van der Waals surface area contributed by atoms with Gasteiger partial charge in [0.1, 0.15) is 25.8 Å². The van der Waals surface area contributed by atoms with Crippen LogP contribution in [0.3, 0.4) is 0 Å². The quantitative estimate of drug-likeness (QED) is 0.802. The third kappa shape index (κ3) is 5.21. The van der Waals surface area contributed by atoms with Gasteiger partial charge >= 0.3 is 0 Å². The number of hydrogen-bond donors (Lipinski definition) is 1. The predicted octanol–water partition coefficient (Wildman–Crippen LogP) is 2.83. The molecule has 2 aromatic carbocycles. The minimum absolute atomic E-state index is 0.416. The average molecular weight is 342 g/mol. The third-order valence-electron chi connectivity index (χ3n) is 4.58. The second kappa shape index (κ2) is 8.88. The van der Waals surface area contributed by atoms with Crippen LogP contribution >= 0.6 is 0 Å². The van der Waals surface area contributed by atoms with Crippen molar-refractivity contribution in [1.82, 2.24) is 0 Å². The van der Waals surface area contributed by atoms with Crippen LogP contribution in [0.15, 0.2) is 42.5 Å². The highest BCUT2D eigenvalue weighted by Crippen LogP contribution is 2.28. The van der Waals surface area contributed by atoms with Gasteiger partial charge in [0.25, 0.3) is 0 Å². The van der Waals surface area contributed by atoms with E-state index in [2.05, 4.69) is 48.6 Å². The van der Waals surface area contributed by atoms with E-state index < -0.39 is 0 Å². The Morgan fingerprint density at radius 2 is 1.88 bits per heavy atom. The lowest BCUT2D eigenvalue weighted by atomic mass is 10.1. The van der Waals surface area contributed by atoms with Crippen molar-refractivity contribution in [3.63, 3.8) is 0 Å². The van der Waals surface area contributed by atoms with Gasteiger partial charge in [-0.15, -0.1) is 0 Å². The van der Waals surface area contributed by atoms with Crippen LogP contribution in [-0.2, 0) is 17.9 Å². The Labute approximate surface area is 150 Å². The molecule has 1 aliphatic heterocycles. The van der Waals surface area contributed by atoms with Crippen LogP contribution in [0.25, 0.3) is 0 Å². The molecule has 1 fully saturated rings. The Morgan fingerprint density at radius 1 is 1.08 bits per heavy atom. The molecule has 0 radical (unpaired) electrons. The number of hydrogen-bond acceptors (Lipinski definition) is 3. The molecular formula is C21H28NO3+. The number of methoxy groups -OCH3 is 1. The summed E-state index contributed by atoms with van der Waals surface area (Å²) in [5.74, 6) is 1.57. The Kier molecular flexibility index (Phi) is 6.31. The molecule has 0 spiro atoms. The van der Waals surface area contributed by atoms with E-state index in [9.17, 15) is 0 Å². The Balaban J connectivity index is 1.54. The molecule has 1 aliphatic rings. The van der Waals surface area contributed by atoms with Gasteiger partial charge in [-0.3, -0.25) is 0 Å². The van der Waals surface area contributed by atoms with Crippen molar-refractivity contribution in [3.05, 3.63) is 59.2 Å². The molecule has 4 heteroatoms. The lowest BCUT2D eigenvalue weighted by Gasteiger charge is -2.13. The van der Waals surface area contributed by atoms with Crippen LogP contribution < -0.4 is 14.8 Å². The SMILES string of the molecule is COc1cc(C[NH2+]C[C@@H]2CCCO2)ccc1OCc1ccc(C)cc1. The molecule has 0 amide bonds. The first-order valence-electron chi connectivity index (χ1n) is 9.03. The first-order chi connectivity index (χ1) is 12.2. The topological polar surface area (TPSA) is 44.3 Å². The molecule has 134 valence electrons. The summed E-state index contributed by atoms with van der Waals surface area (Å²) in [5, 5.41) is 2.30. The minimum Gasteiger partial charge on any atom is -0.493 e. The summed E-state index contributed by atoms with van der Waals surface area (Å²) in [6.07, 6.45) is 2.80. The van der Waals surface area contributed by atoms with Gasteiger partial charge in [-0.05, 0) is 43.5 Å². The number of rotatable bonds is 8. The molecule has 2 aromatic rings. The van der Waals surface area contributed by atoms with Crippen LogP contribution in [0.1, 0.15) is 29.5 Å². The van der Waals surface area contributed by atoms with E-state index in [-0.39, 0.29) is 0 Å². The molecule has 0 unspecified atom stereocenters. The molecule has 1 saturated heterocycles. The summed E-state index contributed by atoms with van der Waals surface area (Å²) in [6, 6.07) is 14.6. The lowest BCUT2D eigenvalue weighted by Crippen LogP contribution is -2.84. The van der Waals surface area contributed by atoms with E-state index in [1.165, 1.54) is 24.0 Å². The van der Waals surface area contributed by atoms with Crippen LogP contribution in [0, 0.1) is 6.92 Å². The summed E-state index contributed by atoms with van der Waals surface area (Å²) >= 11 is 0. The molecular weight excluding hydrogens is 314 g/mol. The van der Waals surface area contributed by atoms with E-state index in [1.807, 2.05) is 6.07 Å². The van der Waals surface area contributed by atoms with Crippen molar-refractivity contribution in [1.29, 1.82) is 0 Å². The molecule has 3 rings (SSSR count). The molecule has 4 nitrogen and oxygen atoms in total. The van der Waals surface area contributed by atoms with Gasteiger partial charge in [0, 0.05) is 12.2 Å². The van der Waals surface area contributed by atoms with Crippen molar-refractivity contribution in [2.75, 3.05) is 20.3 Å². The van der Waals surface area contributed by atoms with E-state index in [4.69, 9.17) is 14.2 Å². The second-order valence-corrected chi connectivity index (χ2v) is 6.62. The fourth-order valence-electron chi connectivity index (χ4n) is 3.07. The summed E-state index contributed by atoms with van der Waals surface area (Å²) in [7, 11) is 1.69. The van der Waals surface area contributed by atoms with Gasteiger partial charge in [0.15, 0.2) is 11.5 Å². The number of ether oxygens (including phenoxy) is 3. The molecule has 25 heavy (non-hydrogen) atoms. The molecule has 1 heterocycles. The highest BCUT2D eigenvalue weighted by atomic mass is 16.5. The Bertz CT molecular complexity index is 663. The van der Waals surface area contributed by atoms with Crippen molar-refractivity contribution in [2.45, 2.75) is 39.0 Å². The van der Waals surface area contributed by atoms with E-state index in [0.717, 1.165) is 36.8 Å². The molecule has 1 atom stereocenters. The fraction of sp³-hybridized carbons (Fsp3) is 0.429.